The van der Waals surface area contributed by atoms with Crippen molar-refractivity contribution in [3.8, 4) is 11.1 Å². The summed E-state index contributed by atoms with van der Waals surface area (Å²) in [6, 6.07) is 22.9. The minimum Gasteiger partial charge on any atom is -0.439 e. The van der Waals surface area contributed by atoms with E-state index in [4.69, 9.17) is 27.6 Å². The van der Waals surface area contributed by atoms with Crippen LogP contribution in [-0.2, 0) is 13.6 Å². The highest BCUT2D eigenvalue weighted by atomic mass is 35.5. The molecular weight excluding hydrogens is 431 g/mol. The van der Waals surface area contributed by atoms with E-state index in [1.807, 2.05) is 60.7 Å². The fourth-order valence-electron chi connectivity index (χ4n) is 3.91. The van der Waals surface area contributed by atoms with E-state index < -0.39 is 0 Å². The number of anilines is 1. The number of hydrogen-bond donors (Lipinski definition) is 1. The Labute approximate surface area is 188 Å². The predicted octanol–water partition coefficient (Wildman–Crippen LogP) is 6.87. The van der Waals surface area contributed by atoms with Crippen molar-refractivity contribution in [2.75, 3.05) is 5.32 Å². The van der Waals surface area contributed by atoms with Gasteiger partial charge in [0.1, 0.15) is 0 Å². The second kappa shape index (κ2) is 7.80. The predicted molar refractivity (Wildman–Crippen MR) is 128 cm³/mol. The Morgan fingerprint density at radius 3 is 2.48 bits per heavy atom. The SMILES string of the molecule is Cn1c(=O)c2c(-c3ccc(Cl)cc3Cl)c(NCc3ccccc3)oc2c2ccccc21. The molecule has 0 aliphatic carbocycles. The monoisotopic (exact) mass is 448 g/mol. The number of hydrogen-bond acceptors (Lipinski definition) is 3. The van der Waals surface area contributed by atoms with Crippen LogP contribution in [0.5, 0.6) is 0 Å². The van der Waals surface area contributed by atoms with Gasteiger partial charge in [-0.05, 0) is 29.8 Å². The Morgan fingerprint density at radius 2 is 1.71 bits per heavy atom. The molecule has 5 rings (SSSR count). The normalized spacial score (nSPS) is 11.3. The lowest BCUT2D eigenvalue weighted by molar-refractivity contribution is 0.629. The van der Waals surface area contributed by atoms with Gasteiger partial charge in [0.2, 0.25) is 5.88 Å². The fourth-order valence-corrected chi connectivity index (χ4v) is 4.41. The molecule has 0 saturated carbocycles. The summed E-state index contributed by atoms with van der Waals surface area (Å²) in [6.07, 6.45) is 0. The van der Waals surface area contributed by atoms with E-state index in [2.05, 4.69) is 5.32 Å². The molecule has 2 heterocycles. The summed E-state index contributed by atoms with van der Waals surface area (Å²) < 4.78 is 7.93. The lowest BCUT2D eigenvalue weighted by Gasteiger charge is -2.09. The van der Waals surface area contributed by atoms with Crippen LogP contribution in [-0.4, -0.2) is 4.57 Å². The molecule has 6 heteroatoms. The van der Waals surface area contributed by atoms with Gasteiger partial charge in [-0.25, -0.2) is 0 Å². The maximum Gasteiger partial charge on any atom is 0.262 e. The highest BCUT2D eigenvalue weighted by molar-refractivity contribution is 6.37. The van der Waals surface area contributed by atoms with Gasteiger partial charge in [0, 0.05) is 29.6 Å². The molecule has 0 aliphatic rings. The number of benzene rings is 3. The molecule has 3 aromatic carbocycles. The lowest BCUT2D eigenvalue weighted by atomic mass is 10.0. The Hall–Kier alpha value is -3.21. The van der Waals surface area contributed by atoms with Crippen LogP contribution in [0.1, 0.15) is 5.56 Å². The highest BCUT2D eigenvalue weighted by Crippen LogP contribution is 2.42. The second-order valence-corrected chi connectivity index (χ2v) is 8.20. The molecule has 0 aliphatic heterocycles. The summed E-state index contributed by atoms with van der Waals surface area (Å²) >= 11 is 12.7. The van der Waals surface area contributed by atoms with E-state index in [9.17, 15) is 4.79 Å². The van der Waals surface area contributed by atoms with Crippen molar-refractivity contribution in [1.82, 2.24) is 4.57 Å². The van der Waals surface area contributed by atoms with Crippen molar-refractivity contribution in [3.63, 3.8) is 0 Å². The third-order valence-electron chi connectivity index (χ3n) is 5.43. The number of aromatic nitrogens is 1. The van der Waals surface area contributed by atoms with E-state index in [-0.39, 0.29) is 5.56 Å². The van der Waals surface area contributed by atoms with Crippen LogP contribution in [0.2, 0.25) is 10.0 Å². The minimum atomic E-state index is -0.147. The summed E-state index contributed by atoms with van der Waals surface area (Å²) in [5, 5.41) is 5.69. The molecule has 0 atom stereocenters. The van der Waals surface area contributed by atoms with E-state index in [1.165, 1.54) is 0 Å². The number of furan rings is 1. The Balaban J connectivity index is 1.81. The average Bonchev–Trinajstić information content (AvgIpc) is 3.16. The van der Waals surface area contributed by atoms with Gasteiger partial charge in [-0.15, -0.1) is 0 Å². The van der Waals surface area contributed by atoms with E-state index in [1.54, 1.807) is 23.7 Å². The number of para-hydroxylation sites is 1. The van der Waals surface area contributed by atoms with Crippen LogP contribution >= 0.6 is 23.2 Å². The number of pyridine rings is 1. The van der Waals surface area contributed by atoms with Crippen molar-refractivity contribution in [2.24, 2.45) is 7.05 Å². The first kappa shape index (κ1) is 19.7. The molecule has 31 heavy (non-hydrogen) atoms. The third-order valence-corrected chi connectivity index (χ3v) is 5.98. The maximum atomic E-state index is 13.4. The molecule has 0 bridgehead atoms. The van der Waals surface area contributed by atoms with E-state index in [0.717, 1.165) is 16.5 Å². The molecule has 2 aromatic heterocycles. The van der Waals surface area contributed by atoms with Crippen molar-refractivity contribution in [1.29, 1.82) is 0 Å². The summed E-state index contributed by atoms with van der Waals surface area (Å²) in [6.45, 7) is 0.539. The van der Waals surface area contributed by atoms with Crippen LogP contribution in [0.4, 0.5) is 5.88 Å². The molecule has 0 amide bonds. The molecule has 5 aromatic rings. The molecule has 0 saturated heterocycles. The lowest BCUT2D eigenvalue weighted by Crippen LogP contribution is -2.17. The van der Waals surface area contributed by atoms with Gasteiger partial charge in [0.05, 0.1) is 21.5 Å². The smallest absolute Gasteiger partial charge is 0.262 e. The standard InChI is InChI=1S/C25H18Cl2N2O2/c1-29-20-10-6-5-9-18(20)23-22(25(29)30)21(17-12-11-16(26)13-19(17)27)24(31-23)28-14-15-7-3-2-4-8-15/h2-13,28H,14H2,1H3. The van der Waals surface area contributed by atoms with Gasteiger partial charge < -0.3 is 14.3 Å². The third kappa shape index (κ3) is 3.38. The first-order valence-electron chi connectivity index (χ1n) is 9.82. The Kier molecular flexibility index (Phi) is 4.97. The van der Waals surface area contributed by atoms with Gasteiger partial charge in [-0.2, -0.15) is 0 Å². The zero-order valence-electron chi connectivity index (χ0n) is 16.7. The maximum absolute atomic E-state index is 13.4. The summed E-state index contributed by atoms with van der Waals surface area (Å²) in [5.41, 5.74) is 3.61. The van der Waals surface area contributed by atoms with E-state index in [0.29, 0.717) is 44.6 Å². The number of halogens is 2. The summed E-state index contributed by atoms with van der Waals surface area (Å²) in [5.74, 6) is 0.497. The molecule has 4 nitrogen and oxygen atoms in total. The molecular formula is C25H18Cl2N2O2. The molecule has 0 fully saturated rings. The van der Waals surface area contributed by atoms with Crippen LogP contribution in [0, 0.1) is 0 Å². The van der Waals surface area contributed by atoms with Crippen LogP contribution < -0.4 is 10.9 Å². The van der Waals surface area contributed by atoms with Crippen LogP contribution in [0.25, 0.3) is 33.0 Å². The quantitative estimate of drug-likeness (QED) is 0.326. The van der Waals surface area contributed by atoms with Gasteiger partial charge in [0.15, 0.2) is 5.58 Å². The van der Waals surface area contributed by atoms with Crippen LogP contribution in [0.15, 0.2) is 82.0 Å². The van der Waals surface area contributed by atoms with Crippen molar-refractivity contribution in [2.45, 2.75) is 6.54 Å². The summed E-state index contributed by atoms with van der Waals surface area (Å²) in [4.78, 5) is 13.4. The summed E-state index contributed by atoms with van der Waals surface area (Å²) in [7, 11) is 1.77. The van der Waals surface area contributed by atoms with Gasteiger partial charge in [-0.3, -0.25) is 4.79 Å². The molecule has 154 valence electrons. The Bertz CT molecular complexity index is 1490. The number of fused-ring (bicyclic) bond motifs is 3. The van der Waals surface area contributed by atoms with Gasteiger partial charge >= 0.3 is 0 Å². The molecule has 1 N–H and O–H groups in total. The van der Waals surface area contributed by atoms with Crippen LogP contribution in [0.3, 0.4) is 0 Å². The van der Waals surface area contributed by atoms with Gasteiger partial charge in [-0.1, -0.05) is 71.7 Å². The minimum absolute atomic E-state index is 0.147. The first-order chi connectivity index (χ1) is 15.0. The molecule has 0 unspecified atom stereocenters. The zero-order valence-corrected chi connectivity index (χ0v) is 18.2. The topological polar surface area (TPSA) is 47.2 Å². The van der Waals surface area contributed by atoms with Crippen molar-refractivity contribution >= 4 is 51.0 Å². The zero-order chi connectivity index (χ0) is 21.5. The van der Waals surface area contributed by atoms with Crippen molar-refractivity contribution in [3.05, 3.63) is 98.8 Å². The fraction of sp³-hybridized carbons (Fsp3) is 0.0800. The number of aryl methyl sites for hydroxylation is 1. The highest BCUT2D eigenvalue weighted by Gasteiger charge is 2.24. The second-order valence-electron chi connectivity index (χ2n) is 7.35. The largest absolute Gasteiger partial charge is 0.439 e. The number of rotatable bonds is 4. The van der Waals surface area contributed by atoms with Gasteiger partial charge in [0.25, 0.3) is 5.56 Å². The van der Waals surface area contributed by atoms with Crippen molar-refractivity contribution < 1.29 is 4.42 Å². The molecule has 0 spiro atoms. The average molecular weight is 449 g/mol. The number of nitrogens with one attached hydrogen (secondary N) is 1. The van der Waals surface area contributed by atoms with E-state index >= 15 is 0 Å². The molecule has 0 radical (unpaired) electrons. The number of nitrogens with zero attached hydrogens (tertiary/aromatic N) is 1. The first-order valence-corrected chi connectivity index (χ1v) is 10.6. The Morgan fingerprint density at radius 1 is 0.968 bits per heavy atom.